The molecule has 0 atom stereocenters. The fourth-order valence-corrected chi connectivity index (χ4v) is 3.13. The molecule has 1 amide bonds. The van der Waals surface area contributed by atoms with Gasteiger partial charge < -0.3 is 4.90 Å². The van der Waals surface area contributed by atoms with E-state index in [0.717, 1.165) is 17.8 Å². The molecule has 1 fully saturated rings. The Morgan fingerprint density at radius 1 is 1.19 bits per heavy atom. The number of amides is 1. The van der Waals surface area contributed by atoms with Crippen LogP contribution in [-0.2, 0) is 0 Å². The molecule has 26 heavy (non-hydrogen) atoms. The van der Waals surface area contributed by atoms with Gasteiger partial charge in [0.05, 0.1) is 11.0 Å². The lowest BCUT2D eigenvalue weighted by Gasteiger charge is -2.34. The summed E-state index contributed by atoms with van der Waals surface area (Å²) in [5.74, 6) is -2.47. The normalized spacial score (nSPS) is 15.3. The third kappa shape index (κ3) is 3.83. The second-order valence-corrected chi connectivity index (χ2v) is 6.92. The number of Topliss-reactive ketones (excluding diaryl/α,β-unsaturated/α-hetero) is 1. The van der Waals surface area contributed by atoms with Crippen LogP contribution in [0, 0.1) is 18.6 Å². The Bertz CT molecular complexity index is 847. The van der Waals surface area contributed by atoms with E-state index in [4.69, 9.17) is 0 Å². The average molecular weight is 427 g/mol. The smallest absolute Gasteiger partial charge is 0.275 e. The molecule has 2 aromatic rings. The zero-order chi connectivity index (χ0) is 18.8. The van der Waals surface area contributed by atoms with Crippen molar-refractivity contribution in [3.05, 3.63) is 51.3 Å². The predicted octanol–water partition coefficient (Wildman–Crippen LogP) is 2.40. The molecule has 1 aromatic heterocycles. The third-order valence-electron chi connectivity index (χ3n) is 4.34. The molecule has 9 heteroatoms. The molecule has 0 aliphatic carbocycles. The number of hydrogen-bond acceptors (Lipinski definition) is 4. The van der Waals surface area contributed by atoms with E-state index in [2.05, 4.69) is 26.1 Å². The maximum Gasteiger partial charge on any atom is 0.275 e. The van der Waals surface area contributed by atoms with E-state index in [0.29, 0.717) is 36.3 Å². The number of benzene rings is 1. The molecule has 138 valence electrons. The van der Waals surface area contributed by atoms with Crippen molar-refractivity contribution in [1.29, 1.82) is 0 Å². The molecule has 1 N–H and O–H groups in total. The van der Waals surface area contributed by atoms with Gasteiger partial charge in [0.25, 0.3) is 5.91 Å². The summed E-state index contributed by atoms with van der Waals surface area (Å²) in [5, 5.41) is 6.78. The van der Waals surface area contributed by atoms with Gasteiger partial charge >= 0.3 is 0 Å². The summed E-state index contributed by atoms with van der Waals surface area (Å²) in [6.07, 6.45) is 0. The van der Waals surface area contributed by atoms with E-state index >= 15 is 0 Å². The minimum Gasteiger partial charge on any atom is -0.335 e. The van der Waals surface area contributed by atoms with Crippen LogP contribution in [0.25, 0.3) is 0 Å². The number of nitrogens with one attached hydrogen (secondary N) is 1. The highest BCUT2D eigenvalue weighted by molar-refractivity contribution is 9.10. The van der Waals surface area contributed by atoms with E-state index in [1.165, 1.54) is 6.07 Å². The van der Waals surface area contributed by atoms with Crippen molar-refractivity contribution < 1.29 is 18.4 Å². The fourth-order valence-electron chi connectivity index (χ4n) is 2.78. The van der Waals surface area contributed by atoms with Crippen LogP contribution in [0.2, 0.25) is 0 Å². The van der Waals surface area contributed by atoms with Crippen LogP contribution in [0.15, 0.2) is 22.7 Å². The van der Waals surface area contributed by atoms with E-state index < -0.39 is 11.6 Å². The molecule has 0 saturated carbocycles. The summed E-state index contributed by atoms with van der Waals surface area (Å²) >= 11 is 3.35. The van der Waals surface area contributed by atoms with Gasteiger partial charge in [-0.3, -0.25) is 19.6 Å². The number of H-pyrrole nitrogens is 1. The second kappa shape index (κ2) is 7.63. The van der Waals surface area contributed by atoms with Crippen molar-refractivity contribution in [2.75, 3.05) is 32.7 Å². The highest BCUT2D eigenvalue weighted by atomic mass is 79.9. The van der Waals surface area contributed by atoms with E-state index in [1.54, 1.807) is 4.90 Å². The van der Waals surface area contributed by atoms with Crippen molar-refractivity contribution >= 4 is 27.6 Å². The van der Waals surface area contributed by atoms with Crippen LogP contribution in [0.3, 0.4) is 0 Å². The standard InChI is InChI=1S/C17H17BrF2N4O2/c1-10-15(18)16(22-21-10)17(26)24-6-4-23(5-7-24)9-14(25)11-2-3-12(19)13(20)8-11/h2-3,8H,4-7,9H2,1H3,(H,21,22). The first-order valence-corrected chi connectivity index (χ1v) is 8.86. The molecular weight excluding hydrogens is 410 g/mol. The molecule has 3 rings (SSSR count). The molecule has 1 aromatic carbocycles. The van der Waals surface area contributed by atoms with Crippen LogP contribution in [0.1, 0.15) is 26.5 Å². The molecule has 0 radical (unpaired) electrons. The van der Waals surface area contributed by atoms with Gasteiger partial charge in [0, 0.05) is 37.4 Å². The maximum atomic E-state index is 13.3. The van der Waals surface area contributed by atoms with Gasteiger partial charge in [-0.05, 0) is 41.1 Å². The molecule has 6 nitrogen and oxygen atoms in total. The Labute approximate surface area is 157 Å². The first kappa shape index (κ1) is 18.7. The Morgan fingerprint density at radius 3 is 2.46 bits per heavy atom. The Hall–Kier alpha value is -2.13. The zero-order valence-corrected chi connectivity index (χ0v) is 15.6. The van der Waals surface area contributed by atoms with Gasteiger partial charge in [-0.2, -0.15) is 5.10 Å². The van der Waals surface area contributed by atoms with Crippen LogP contribution in [0.4, 0.5) is 8.78 Å². The number of rotatable bonds is 4. The first-order valence-electron chi connectivity index (χ1n) is 8.07. The minimum atomic E-state index is -1.04. The highest BCUT2D eigenvalue weighted by Crippen LogP contribution is 2.20. The van der Waals surface area contributed by atoms with Gasteiger partial charge in [-0.15, -0.1) is 0 Å². The largest absolute Gasteiger partial charge is 0.335 e. The highest BCUT2D eigenvalue weighted by Gasteiger charge is 2.26. The number of nitrogens with zero attached hydrogens (tertiary/aromatic N) is 3. The molecule has 0 bridgehead atoms. The van der Waals surface area contributed by atoms with Crippen molar-refractivity contribution in [2.45, 2.75) is 6.92 Å². The van der Waals surface area contributed by atoms with E-state index in [-0.39, 0.29) is 23.8 Å². The molecule has 2 heterocycles. The number of halogens is 3. The monoisotopic (exact) mass is 426 g/mol. The Kier molecular flexibility index (Phi) is 5.47. The molecule has 1 saturated heterocycles. The lowest BCUT2D eigenvalue weighted by molar-refractivity contribution is 0.0618. The molecule has 1 aliphatic rings. The summed E-state index contributed by atoms with van der Waals surface area (Å²) in [7, 11) is 0. The van der Waals surface area contributed by atoms with Crippen molar-refractivity contribution in [3.63, 3.8) is 0 Å². The third-order valence-corrected chi connectivity index (χ3v) is 5.31. The summed E-state index contributed by atoms with van der Waals surface area (Å²) in [6, 6.07) is 3.13. The number of carbonyl (C=O) groups excluding carboxylic acids is 2. The maximum absolute atomic E-state index is 13.3. The molecule has 0 spiro atoms. The number of ketones is 1. The van der Waals surface area contributed by atoms with Crippen LogP contribution in [0.5, 0.6) is 0 Å². The fraction of sp³-hybridized carbons (Fsp3) is 0.353. The quantitative estimate of drug-likeness (QED) is 0.762. The Balaban J connectivity index is 1.56. The molecular formula is C17H17BrF2N4O2. The van der Waals surface area contributed by atoms with Crippen LogP contribution < -0.4 is 0 Å². The molecule has 1 aliphatic heterocycles. The predicted molar refractivity (Wildman–Crippen MR) is 94.1 cm³/mol. The number of carbonyl (C=O) groups is 2. The lowest BCUT2D eigenvalue weighted by Crippen LogP contribution is -2.50. The SMILES string of the molecule is Cc1[nH]nc(C(=O)N2CCN(CC(=O)c3ccc(F)c(F)c3)CC2)c1Br. The van der Waals surface area contributed by atoms with Crippen molar-refractivity contribution in [3.8, 4) is 0 Å². The van der Waals surface area contributed by atoms with Gasteiger partial charge in [0.2, 0.25) is 0 Å². The Morgan fingerprint density at radius 2 is 1.88 bits per heavy atom. The topological polar surface area (TPSA) is 69.3 Å². The average Bonchev–Trinajstić information content (AvgIpc) is 2.96. The van der Waals surface area contributed by atoms with Crippen molar-refractivity contribution in [2.24, 2.45) is 0 Å². The summed E-state index contributed by atoms with van der Waals surface area (Å²) < 4.78 is 26.9. The number of hydrogen-bond donors (Lipinski definition) is 1. The van der Waals surface area contributed by atoms with Crippen LogP contribution in [-0.4, -0.2) is 64.4 Å². The summed E-state index contributed by atoms with van der Waals surface area (Å²) in [6.45, 7) is 3.86. The van der Waals surface area contributed by atoms with Gasteiger partial charge in [-0.1, -0.05) is 0 Å². The number of aryl methyl sites for hydroxylation is 1. The van der Waals surface area contributed by atoms with E-state index in [9.17, 15) is 18.4 Å². The number of piperazine rings is 1. The van der Waals surface area contributed by atoms with Gasteiger partial charge in [0.1, 0.15) is 0 Å². The number of aromatic amines is 1. The lowest BCUT2D eigenvalue weighted by atomic mass is 10.1. The number of aromatic nitrogens is 2. The summed E-state index contributed by atoms with van der Waals surface area (Å²) in [5.41, 5.74) is 1.26. The summed E-state index contributed by atoms with van der Waals surface area (Å²) in [4.78, 5) is 28.3. The minimum absolute atomic E-state index is 0.0955. The molecule has 0 unspecified atom stereocenters. The first-order chi connectivity index (χ1) is 12.4. The van der Waals surface area contributed by atoms with E-state index in [1.807, 2.05) is 11.8 Å². The second-order valence-electron chi connectivity index (χ2n) is 6.13. The van der Waals surface area contributed by atoms with Gasteiger partial charge in [0.15, 0.2) is 23.1 Å². The van der Waals surface area contributed by atoms with Gasteiger partial charge in [-0.25, -0.2) is 8.78 Å². The van der Waals surface area contributed by atoms with Crippen LogP contribution >= 0.6 is 15.9 Å². The zero-order valence-electron chi connectivity index (χ0n) is 14.1. The van der Waals surface area contributed by atoms with Crippen molar-refractivity contribution in [1.82, 2.24) is 20.0 Å².